The van der Waals surface area contributed by atoms with Crippen molar-refractivity contribution >= 4 is 5.96 Å². The zero-order valence-electron chi connectivity index (χ0n) is 16.9. The number of aliphatic hydroxyl groups excluding tert-OH is 1. The van der Waals surface area contributed by atoms with Crippen LogP contribution in [0.25, 0.3) is 0 Å². The largest absolute Gasteiger partial charge is 0.468 e. The molecule has 2 aliphatic rings. The molecule has 6 heteroatoms. The molecule has 2 heterocycles. The van der Waals surface area contributed by atoms with Gasteiger partial charge in [0.1, 0.15) is 5.76 Å². The molecular formula is C21H36N4O2. The second-order valence-electron chi connectivity index (χ2n) is 8.27. The summed E-state index contributed by atoms with van der Waals surface area (Å²) in [6, 6.07) is 4.25. The van der Waals surface area contributed by atoms with E-state index >= 15 is 0 Å². The molecule has 3 atom stereocenters. The van der Waals surface area contributed by atoms with Crippen LogP contribution in [0.15, 0.2) is 27.8 Å². The molecule has 0 bridgehead atoms. The minimum absolute atomic E-state index is 0.115. The first kappa shape index (κ1) is 20.2. The summed E-state index contributed by atoms with van der Waals surface area (Å²) in [4.78, 5) is 7.31. The van der Waals surface area contributed by atoms with Crippen LogP contribution in [0.5, 0.6) is 0 Å². The van der Waals surface area contributed by atoms with E-state index in [1.165, 1.54) is 19.3 Å². The number of likely N-dealkylation sites (tertiary alicyclic amines) is 1. The van der Waals surface area contributed by atoms with Gasteiger partial charge in [0, 0.05) is 18.5 Å². The Labute approximate surface area is 163 Å². The highest BCUT2D eigenvalue weighted by Crippen LogP contribution is 2.36. The highest BCUT2D eigenvalue weighted by Gasteiger charge is 2.35. The van der Waals surface area contributed by atoms with Crippen molar-refractivity contribution in [2.24, 2.45) is 10.4 Å². The first-order valence-electron chi connectivity index (χ1n) is 10.6. The quantitative estimate of drug-likeness (QED) is 0.504. The first-order chi connectivity index (χ1) is 13.1. The molecule has 6 nitrogen and oxygen atoms in total. The van der Waals surface area contributed by atoms with Crippen LogP contribution >= 0.6 is 0 Å². The number of hydrogen-bond donors (Lipinski definition) is 3. The molecule has 0 aromatic carbocycles. The zero-order valence-corrected chi connectivity index (χ0v) is 16.9. The van der Waals surface area contributed by atoms with Crippen LogP contribution < -0.4 is 10.6 Å². The number of nitrogens with zero attached hydrogens (tertiary/aromatic N) is 2. The van der Waals surface area contributed by atoms with E-state index in [1.54, 1.807) is 6.26 Å². The van der Waals surface area contributed by atoms with E-state index in [4.69, 9.17) is 9.41 Å². The molecule has 1 aromatic rings. The lowest BCUT2D eigenvalue weighted by molar-refractivity contribution is 0.00716. The van der Waals surface area contributed by atoms with Crippen molar-refractivity contribution in [3.05, 3.63) is 24.2 Å². The Morgan fingerprint density at radius 2 is 2.15 bits per heavy atom. The third kappa shape index (κ3) is 5.26. The second kappa shape index (κ2) is 9.60. The zero-order chi connectivity index (χ0) is 19.1. The standard InChI is InChI=1S/C21H36N4O2/c1-3-22-20(24-16-21(2)11-5-4-10-19(21)26)23-15-17(18-9-8-14-27-18)25-12-6-7-13-25/h8-9,14,17,19,26H,3-7,10-13,15-16H2,1-2H3,(H2,22,23,24). The van der Waals surface area contributed by atoms with Crippen LogP contribution in [0.1, 0.15) is 64.2 Å². The average molecular weight is 377 g/mol. The first-order valence-corrected chi connectivity index (χ1v) is 10.6. The van der Waals surface area contributed by atoms with Gasteiger partial charge < -0.3 is 20.2 Å². The van der Waals surface area contributed by atoms with Crippen molar-refractivity contribution in [2.75, 3.05) is 32.7 Å². The SMILES string of the molecule is CCNC(=NCC1(C)CCCCC1O)NCC(c1ccco1)N1CCCC1. The lowest BCUT2D eigenvalue weighted by atomic mass is 9.73. The van der Waals surface area contributed by atoms with E-state index in [0.29, 0.717) is 6.54 Å². The molecule has 0 spiro atoms. The van der Waals surface area contributed by atoms with Crippen molar-refractivity contribution in [1.29, 1.82) is 0 Å². The number of furan rings is 1. The highest BCUT2D eigenvalue weighted by molar-refractivity contribution is 5.79. The molecule has 1 aliphatic heterocycles. The summed E-state index contributed by atoms with van der Waals surface area (Å²) < 4.78 is 5.71. The van der Waals surface area contributed by atoms with E-state index in [9.17, 15) is 5.11 Å². The fourth-order valence-corrected chi connectivity index (χ4v) is 4.30. The van der Waals surface area contributed by atoms with E-state index < -0.39 is 0 Å². The third-order valence-electron chi connectivity index (χ3n) is 6.14. The summed E-state index contributed by atoms with van der Waals surface area (Å²) in [6.45, 7) is 8.71. The topological polar surface area (TPSA) is 73.0 Å². The summed E-state index contributed by atoms with van der Waals surface area (Å²) in [7, 11) is 0. The van der Waals surface area contributed by atoms with E-state index in [1.807, 2.05) is 6.07 Å². The number of nitrogens with one attached hydrogen (secondary N) is 2. The van der Waals surface area contributed by atoms with Crippen molar-refractivity contribution < 1.29 is 9.52 Å². The molecule has 0 radical (unpaired) electrons. The van der Waals surface area contributed by atoms with Crippen LogP contribution in [0, 0.1) is 5.41 Å². The predicted molar refractivity (Wildman–Crippen MR) is 109 cm³/mol. The van der Waals surface area contributed by atoms with Crippen LogP contribution in [0.3, 0.4) is 0 Å². The lowest BCUT2D eigenvalue weighted by Gasteiger charge is -2.37. The lowest BCUT2D eigenvalue weighted by Crippen LogP contribution is -2.44. The van der Waals surface area contributed by atoms with Gasteiger partial charge >= 0.3 is 0 Å². The van der Waals surface area contributed by atoms with Gasteiger partial charge in [-0.25, -0.2) is 0 Å². The number of rotatable bonds is 7. The molecule has 0 amide bonds. The Morgan fingerprint density at radius 3 is 2.81 bits per heavy atom. The Balaban J connectivity index is 1.63. The molecular weight excluding hydrogens is 340 g/mol. The van der Waals surface area contributed by atoms with Crippen LogP contribution in [-0.2, 0) is 0 Å². The van der Waals surface area contributed by atoms with E-state index in [0.717, 1.165) is 57.2 Å². The van der Waals surface area contributed by atoms with Gasteiger partial charge in [0.2, 0.25) is 0 Å². The average Bonchev–Trinajstić information content (AvgIpc) is 3.37. The predicted octanol–water partition coefficient (Wildman–Crippen LogP) is 2.91. The molecule has 3 unspecified atom stereocenters. The summed E-state index contributed by atoms with van der Waals surface area (Å²) in [6.07, 6.45) is 8.25. The maximum absolute atomic E-state index is 10.4. The van der Waals surface area contributed by atoms with Gasteiger partial charge in [-0.2, -0.15) is 0 Å². The van der Waals surface area contributed by atoms with Crippen LogP contribution in [-0.4, -0.2) is 54.8 Å². The Bertz CT molecular complexity index is 583. The van der Waals surface area contributed by atoms with Crippen LogP contribution in [0.4, 0.5) is 0 Å². The number of guanidine groups is 1. The molecule has 1 aromatic heterocycles. The van der Waals surface area contributed by atoms with E-state index in [-0.39, 0.29) is 17.6 Å². The van der Waals surface area contributed by atoms with Crippen molar-refractivity contribution in [3.63, 3.8) is 0 Å². The second-order valence-corrected chi connectivity index (χ2v) is 8.27. The number of aliphatic imine (C=N–C) groups is 1. The summed E-state index contributed by atoms with van der Waals surface area (Å²) in [5.74, 6) is 1.84. The van der Waals surface area contributed by atoms with Gasteiger partial charge in [-0.15, -0.1) is 0 Å². The molecule has 3 N–H and O–H groups in total. The van der Waals surface area contributed by atoms with E-state index in [2.05, 4.69) is 35.4 Å². The van der Waals surface area contributed by atoms with Gasteiger partial charge in [-0.3, -0.25) is 9.89 Å². The number of aliphatic hydroxyl groups is 1. The number of hydrogen-bond acceptors (Lipinski definition) is 4. The van der Waals surface area contributed by atoms with Gasteiger partial charge in [0.25, 0.3) is 0 Å². The maximum Gasteiger partial charge on any atom is 0.191 e. The van der Waals surface area contributed by atoms with Crippen molar-refractivity contribution in [2.45, 2.75) is 64.5 Å². The molecule has 27 heavy (non-hydrogen) atoms. The van der Waals surface area contributed by atoms with Gasteiger partial charge in [0.15, 0.2) is 5.96 Å². The molecule has 1 saturated heterocycles. The molecule has 1 saturated carbocycles. The van der Waals surface area contributed by atoms with Crippen molar-refractivity contribution in [1.82, 2.24) is 15.5 Å². The van der Waals surface area contributed by atoms with Crippen molar-refractivity contribution in [3.8, 4) is 0 Å². The maximum atomic E-state index is 10.4. The molecule has 1 aliphatic carbocycles. The summed E-state index contributed by atoms with van der Waals surface area (Å²) in [5, 5.41) is 17.3. The minimum Gasteiger partial charge on any atom is -0.468 e. The normalized spacial score (nSPS) is 28.3. The Kier molecular flexibility index (Phi) is 7.19. The fourth-order valence-electron chi connectivity index (χ4n) is 4.30. The van der Waals surface area contributed by atoms with Gasteiger partial charge in [0.05, 0.1) is 25.0 Å². The van der Waals surface area contributed by atoms with Crippen LogP contribution in [0.2, 0.25) is 0 Å². The minimum atomic E-state index is -0.252. The Morgan fingerprint density at radius 1 is 1.33 bits per heavy atom. The smallest absolute Gasteiger partial charge is 0.191 e. The Hall–Kier alpha value is -1.53. The summed E-state index contributed by atoms with van der Waals surface area (Å²) >= 11 is 0. The summed E-state index contributed by atoms with van der Waals surface area (Å²) in [5.41, 5.74) is -0.115. The third-order valence-corrected chi connectivity index (χ3v) is 6.14. The monoisotopic (exact) mass is 376 g/mol. The highest BCUT2D eigenvalue weighted by atomic mass is 16.3. The molecule has 152 valence electrons. The fraction of sp³-hybridized carbons (Fsp3) is 0.762. The van der Waals surface area contributed by atoms with Gasteiger partial charge in [-0.05, 0) is 57.8 Å². The molecule has 3 rings (SSSR count). The molecule has 2 fully saturated rings. The van der Waals surface area contributed by atoms with Gasteiger partial charge in [-0.1, -0.05) is 19.8 Å².